The van der Waals surface area contributed by atoms with Crippen molar-refractivity contribution >= 4 is 28.7 Å². The fourth-order valence-corrected chi connectivity index (χ4v) is 3.20. The van der Waals surface area contributed by atoms with E-state index in [0.29, 0.717) is 12.0 Å². The summed E-state index contributed by atoms with van der Waals surface area (Å²) < 4.78 is 17.3. The zero-order valence-electron chi connectivity index (χ0n) is 12.7. The monoisotopic (exact) mass is 340 g/mol. The molecule has 0 aliphatic rings. The van der Waals surface area contributed by atoms with Gasteiger partial charge >= 0.3 is 0 Å². The van der Waals surface area contributed by atoms with E-state index in [9.17, 15) is 4.55 Å². The Bertz CT molecular complexity index is 667. The van der Waals surface area contributed by atoms with Crippen LogP contribution < -0.4 is 11.2 Å². The van der Waals surface area contributed by atoms with Crippen molar-refractivity contribution in [2.75, 3.05) is 32.1 Å². The Morgan fingerprint density at radius 3 is 2.86 bits per heavy atom. The summed E-state index contributed by atoms with van der Waals surface area (Å²) in [6.07, 6.45) is 0. The Hall–Kier alpha value is -1.42. The van der Waals surface area contributed by atoms with Gasteiger partial charge < -0.3 is 15.2 Å². The highest BCUT2D eigenvalue weighted by Gasteiger charge is 2.03. The standard InChI is InChI=1S/C13H20N6OS2/c1-19(2)8-10-4-3-5-11(16-10)9-21-7-6-15-13-12(14)17-22(20)18-13/h3-5H,6-9H2,1-2H3,(H2,14,17)(H,15,18). The van der Waals surface area contributed by atoms with E-state index in [1.54, 1.807) is 11.8 Å². The number of hydrogen-bond donors (Lipinski definition) is 2. The third-order valence-electron chi connectivity index (χ3n) is 2.71. The summed E-state index contributed by atoms with van der Waals surface area (Å²) >= 11 is 0.286. The molecule has 0 amide bonds. The maximum atomic E-state index is 11.1. The fourth-order valence-electron chi connectivity index (χ4n) is 1.82. The first-order valence-electron chi connectivity index (χ1n) is 6.79. The maximum Gasteiger partial charge on any atom is 0.229 e. The highest BCUT2D eigenvalue weighted by molar-refractivity contribution is 7.98. The zero-order valence-corrected chi connectivity index (χ0v) is 14.3. The molecule has 1 atom stereocenters. The highest BCUT2D eigenvalue weighted by atomic mass is 32.2. The van der Waals surface area contributed by atoms with Gasteiger partial charge in [0.15, 0.2) is 11.1 Å². The molecular weight excluding hydrogens is 320 g/mol. The summed E-state index contributed by atoms with van der Waals surface area (Å²) in [6, 6.07) is 6.11. The van der Waals surface area contributed by atoms with Crippen LogP contribution in [0.15, 0.2) is 23.2 Å². The molecule has 2 rings (SSSR count). The molecule has 120 valence electrons. The van der Waals surface area contributed by atoms with Gasteiger partial charge in [0.25, 0.3) is 0 Å². The van der Waals surface area contributed by atoms with Crippen molar-refractivity contribution in [1.29, 1.82) is 0 Å². The number of rotatable bonds is 7. The molecule has 0 saturated carbocycles. The average molecular weight is 340 g/mol. The van der Waals surface area contributed by atoms with Crippen LogP contribution in [0.4, 0.5) is 5.82 Å². The molecule has 22 heavy (non-hydrogen) atoms. The van der Waals surface area contributed by atoms with E-state index in [1.165, 1.54) is 0 Å². The normalized spacial score (nSPS) is 13.1. The van der Waals surface area contributed by atoms with Crippen LogP contribution in [0.25, 0.3) is 0 Å². The molecular formula is C13H20N6OS2. The summed E-state index contributed by atoms with van der Waals surface area (Å²) in [4.78, 5) is 11.0. The third-order valence-corrected chi connectivity index (χ3v) is 4.41. The van der Waals surface area contributed by atoms with Crippen LogP contribution in [0, 0.1) is 0 Å². The van der Waals surface area contributed by atoms with Crippen molar-refractivity contribution in [1.82, 2.24) is 18.6 Å². The Kier molecular flexibility index (Phi) is 6.37. The van der Waals surface area contributed by atoms with Gasteiger partial charge in [0.05, 0.1) is 17.9 Å². The van der Waals surface area contributed by atoms with Gasteiger partial charge in [-0.2, -0.15) is 11.8 Å². The van der Waals surface area contributed by atoms with E-state index in [0.717, 1.165) is 29.4 Å². The first kappa shape index (κ1) is 16.9. The quantitative estimate of drug-likeness (QED) is 0.575. The maximum absolute atomic E-state index is 11.1. The van der Waals surface area contributed by atoms with Crippen molar-refractivity contribution in [2.45, 2.75) is 12.3 Å². The van der Waals surface area contributed by atoms with Crippen molar-refractivity contribution in [3.05, 3.63) is 35.1 Å². The number of anilines is 1. The first-order chi connectivity index (χ1) is 10.5. The minimum Gasteiger partial charge on any atom is -0.548 e. The second-order valence-electron chi connectivity index (χ2n) is 4.97. The van der Waals surface area contributed by atoms with Crippen LogP contribution in [0.1, 0.15) is 11.4 Å². The van der Waals surface area contributed by atoms with Crippen molar-refractivity contribution in [3.63, 3.8) is 0 Å². The van der Waals surface area contributed by atoms with Crippen molar-refractivity contribution in [2.24, 2.45) is 4.99 Å². The number of hydrogen-bond acceptors (Lipinski definition) is 7. The molecule has 0 aromatic carbocycles. The SMILES string of the molecule is CN(C)Cc1cccc(CSCCN=c2[nH][s+]([O-])nc2N)n1. The molecule has 0 radical (unpaired) electrons. The molecule has 0 aliphatic heterocycles. The molecule has 0 fully saturated rings. The number of aromatic amines is 1. The smallest absolute Gasteiger partial charge is 0.229 e. The first-order valence-corrected chi connectivity index (χ1v) is 9.05. The lowest BCUT2D eigenvalue weighted by molar-refractivity contribution is 0.396. The van der Waals surface area contributed by atoms with Crippen LogP contribution in [0.2, 0.25) is 0 Å². The lowest BCUT2D eigenvalue weighted by Gasteiger charge is -2.09. The zero-order chi connectivity index (χ0) is 15.9. The van der Waals surface area contributed by atoms with E-state index in [4.69, 9.17) is 5.73 Å². The molecule has 0 aliphatic carbocycles. The summed E-state index contributed by atoms with van der Waals surface area (Å²) in [5.41, 5.74) is 8.14. The number of aromatic nitrogens is 3. The molecule has 0 spiro atoms. The molecule has 1 unspecified atom stereocenters. The molecule has 9 heteroatoms. The average Bonchev–Trinajstić information content (AvgIpc) is 2.76. The van der Waals surface area contributed by atoms with Gasteiger partial charge in [-0.25, -0.2) is 0 Å². The topological polar surface area (TPSA) is 106 Å². The lowest BCUT2D eigenvalue weighted by Crippen LogP contribution is -2.12. The Labute approximate surface area is 136 Å². The number of H-pyrrole nitrogens is 1. The summed E-state index contributed by atoms with van der Waals surface area (Å²) in [5.74, 6) is 1.89. The minimum atomic E-state index is -1.47. The van der Waals surface area contributed by atoms with Crippen LogP contribution in [0.3, 0.4) is 0 Å². The van der Waals surface area contributed by atoms with Crippen LogP contribution in [0.5, 0.6) is 0 Å². The van der Waals surface area contributed by atoms with Gasteiger partial charge in [0, 0.05) is 22.4 Å². The van der Waals surface area contributed by atoms with E-state index < -0.39 is 11.1 Å². The molecule has 2 aromatic heterocycles. The predicted octanol–water partition coefficient (Wildman–Crippen LogP) is 1.01. The van der Waals surface area contributed by atoms with Gasteiger partial charge in [-0.1, -0.05) is 6.07 Å². The predicted molar refractivity (Wildman–Crippen MR) is 89.9 cm³/mol. The highest BCUT2D eigenvalue weighted by Crippen LogP contribution is 2.11. The van der Waals surface area contributed by atoms with E-state index in [2.05, 4.69) is 23.6 Å². The van der Waals surface area contributed by atoms with Crippen LogP contribution in [-0.2, 0) is 12.3 Å². The molecule has 3 N–H and O–H groups in total. The summed E-state index contributed by atoms with van der Waals surface area (Å²) in [5, 5.41) is 0. The Morgan fingerprint density at radius 2 is 2.18 bits per heavy atom. The van der Waals surface area contributed by atoms with Crippen molar-refractivity contribution in [3.8, 4) is 0 Å². The Balaban J connectivity index is 1.79. The fraction of sp³-hybridized carbons (Fsp3) is 0.462. The number of nitrogen functional groups attached to an aromatic ring is 1. The summed E-state index contributed by atoms with van der Waals surface area (Å²) in [7, 11) is 4.06. The lowest BCUT2D eigenvalue weighted by atomic mass is 10.3. The van der Waals surface area contributed by atoms with Gasteiger partial charge in [-0.15, -0.1) is 4.37 Å². The molecule has 7 nitrogen and oxygen atoms in total. The van der Waals surface area contributed by atoms with E-state index in [-0.39, 0.29) is 5.82 Å². The molecule has 2 heterocycles. The molecule has 0 saturated heterocycles. The van der Waals surface area contributed by atoms with Crippen LogP contribution in [-0.4, -0.2) is 49.6 Å². The van der Waals surface area contributed by atoms with Gasteiger partial charge in [-0.05, 0) is 26.2 Å². The largest absolute Gasteiger partial charge is 0.548 e. The second-order valence-corrected chi connectivity index (χ2v) is 6.96. The molecule has 2 aromatic rings. The van der Waals surface area contributed by atoms with Crippen LogP contribution >= 0.6 is 22.9 Å². The third kappa shape index (κ3) is 5.41. The van der Waals surface area contributed by atoms with E-state index >= 15 is 0 Å². The molecule has 0 bridgehead atoms. The second kappa shape index (κ2) is 8.28. The number of pyridine rings is 1. The number of thioether (sulfide) groups is 1. The van der Waals surface area contributed by atoms with Gasteiger partial charge in [0.1, 0.15) is 0 Å². The minimum absolute atomic E-state index is 0.210. The number of nitrogens with zero attached hydrogens (tertiary/aromatic N) is 4. The summed E-state index contributed by atoms with van der Waals surface area (Å²) in [6.45, 7) is 1.44. The van der Waals surface area contributed by atoms with Crippen molar-refractivity contribution < 1.29 is 4.55 Å². The number of nitrogens with one attached hydrogen (secondary N) is 1. The van der Waals surface area contributed by atoms with E-state index in [1.807, 2.05) is 32.3 Å². The van der Waals surface area contributed by atoms with Gasteiger partial charge in [-0.3, -0.25) is 9.98 Å². The number of nitrogens with two attached hydrogens (primary N) is 1. The van der Waals surface area contributed by atoms with Gasteiger partial charge in [0.2, 0.25) is 11.3 Å². The Morgan fingerprint density at radius 1 is 1.41 bits per heavy atom.